The van der Waals surface area contributed by atoms with E-state index in [1.165, 1.54) is 17.4 Å². The number of hydrogen-bond acceptors (Lipinski definition) is 4. The molecule has 1 aromatic carbocycles. The summed E-state index contributed by atoms with van der Waals surface area (Å²) in [5.41, 5.74) is 8.33. The Morgan fingerprint density at radius 3 is 2.58 bits per heavy atom. The van der Waals surface area contributed by atoms with E-state index in [1.54, 1.807) is 24.5 Å². The Kier molecular flexibility index (Phi) is 2.97. The fraction of sp³-hybridized carbons (Fsp3) is 0. The van der Waals surface area contributed by atoms with Gasteiger partial charge in [-0.1, -0.05) is 0 Å². The van der Waals surface area contributed by atoms with Crippen LogP contribution in [0.5, 0.6) is 0 Å². The highest BCUT2D eigenvalue weighted by molar-refractivity contribution is 7.13. The third-order valence-corrected chi connectivity index (χ3v) is 3.61. The lowest BCUT2D eigenvalue weighted by Crippen LogP contribution is -1.90. The summed E-state index contributed by atoms with van der Waals surface area (Å²) in [5.74, 6) is -0.409. The molecule has 0 fully saturated rings. The maximum Gasteiger partial charge on any atom is 0.146 e. The number of hydrogen-bond donors (Lipinski definition) is 1. The lowest BCUT2D eigenvalue weighted by Gasteiger charge is -2.00. The second kappa shape index (κ2) is 4.78. The lowest BCUT2D eigenvalue weighted by molar-refractivity contribution is 0.632. The average Bonchev–Trinajstić information content (AvgIpc) is 2.93. The monoisotopic (exact) mass is 271 g/mol. The van der Waals surface area contributed by atoms with Gasteiger partial charge in [-0.3, -0.25) is 4.98 Å². The number of nitrogen functional groups attached to an aromatic ring is 1. The smallest absolute Gasteiger partial charge is 0.146 e. The fourth-order valence-electron chi connectivity index (χ4n) is 1.74. The van der Waals surface area contributed by atoms with Crippen molar-refractivity contribution in [1.29, 1.82) is 0 Å². The molecule has 0 atom stereocenters. The van der Waals surface area contributed by atoms with Crippen LogP contribution in [0.3, 0.4) is 0 Å². The molecule has 0 unspecified atom stereocenters. The van der Waals surface area contributed by atoms with Gasteiger partial charge in [0.1, 0.15) is 10.8 Å². The van der Waals surface area contributed by atoms with Crippen LogP contribution in [0.15, 0.2) is 48.1 Å². The Bertz CT molecular complexity index is 710. The van der Waals surface area contributed by atoms with Crippen LogP contribution in [0, 0.1) is 5.82 Å². The molecule has 3 nitrogen and oxygen atoms in total. The molecule has 2 aromatic heterocycles. The summed E-state index contributed by atoms with van der Waals surface area (Å²) < 4.78 is 13.1. The minimum atomic E-state index is -0.409. The fourth-order valence-corrected chi connectivity index (χ4v) is 2.57. The number of nitrogens with two attached hydrogens (primary N) is 1. The second-order valence-corrected chi connectivity index (χ2v) is 4.87. The summed E-state index contributed by atoms with van der Waals surface area (Å²) >= 11 is 1.53. The zero-order valence-corrected chi connectivity index (χ0v) is 10.7. The minimum Gasteiger partial charge on any atom is -0.396 e. The molecule has 0 aliphatic carbocycles. The lowest BCUT2D eigenvalue weighted by atomic mass is 10.1. The number of nitrogens with zero attached hydrogens (tertiary/aromatic N) is 2. The van der Waals surface area contributed by atoms with Crippen molar-refractivity contribution in [2.24, 2.45) is 0 Å². The topological polar surface area (TPSA) is 51.8 Å². The molecule has 94 valence electrons. The first-order valence-corrected chi connectivity index (χ1v) is 6.53. The first-order valence-electron chi connectivity index (χ1n) is 5.65. The molecule has 5 heteroatoms. The Hall–Kier alpha value is -2.27. The largest absolute Gasteiger partial charge is 0.396 e. The summed E-state index contributed by atoms with van der Waals surface area (Å²) in [7, 11) is 0. The number of aromatic nitrogens is 2. The van der Waals surface area contributed by atoms with Gasteiger partial charge in [-0.15, -0.1) is 11.3 Å². The maximum absolute atomic E-state index is 13.1. The molecule has 0 bridgehead atoms. The highest BCUT2D eigenvalue weighted by Crippen LogP contribution is 2.29. The molecule has 3 aromatic rings. The first kappa shape index (κ1) is 11.8. The van der Waals surface area contributed by atoms with Crippen molar-refractivity contribution in [2.75, 3.05) is 5.73 Å². The van der Waals surface area contributed by atoms with E-state index in [1.807, 2.05) is 17.5 Å². The molecule has 0 aliphatic heterocycles. The van der Waals surface area contributed by atoms with Crippen LogP contribution < -0.4 is 5.73 Å². The molecule has 0 aliphatic rings. The molecule has 0 saturated carbocycles. The van der Waals surface area contributed by atoms with E-state index in [2.05, 4.69) is 9.97 Å². The van der Waals surface area contributed by atoms with Gasteiger partial charge in [0.2, 0.25) is 0 Å². The van der Waals surface area contributed by atoms with Gasteiger partial charge in [-0.2, -0.15) is 0 Å². The van der Waals surface area contributed by atoms with Gasteiger partial charge in [0.25, 0.3) is 0 Å². The summed E-state index contributed by atoms with van der Waals surface area (Å²) in [6.45, 7) is 0. The minimum absolute atomic E-state index is 0.135. The maximum atomic E-state index is 13.1. The summed E-state index contributed by atoms with van der Waals surface area (Å²) in [6, 6.07) is 8.44. The van der Waals surface area contributed by atoms with Crippen LogP contribution in [-0.4, -0.2) is 9.97 Å². The number of halogens is 1. The second-order valence-electron chi connectivity index (χ2n) is 4.01. The van der Waals surface area contributed by atoms with Gasteiger partial charge in [-0.25, -0.2) is 9.37 Å². The molecular formula is C14H10FN3S. The zero-order chi connectivity index (χ0) is 13.2. The number of pyridine rings is 1. The van der Waals surface area contributed by atoms with Crippen LogP contribution in [0.2, 0.25) is 0 Å². The average molecular weight is 271 g/mol. The predicted octanol–water partition coefficient (Wildman–Crippen LogP) is 3.59. The van der Waals surface area contributed by atoms with Crippen LogP contribution in [0.1, 0.15) is 0 Å². The normalized spacial score (nSPS) is 10.6. The molecule has 0 spiro atoms. The van der Waals surface area contributed by atoms with Crippen molar-refractivity contribution in [3.63, 3.8) is 0 Å². The molecule has 2 heterocycles. The van der Waals surface area contributed by atoms with E-state index in [0.29, 0.717) is 0 Å². The van der Waals surface area contributed by atoms with E-state index in [0.717, 1.165) is 21.8 Å². The third-order valence-electron chi connectivity index (χ3n) is 2.72. The van der Waals surface area contributed by atoms with Crippen LogP contribution in [0.25, 0.3) is 21.8 Å². The molecule has 0 amide bonds. The quantitative estimate of drug-likeness (QED) is 0.725. The van der Waals surface area contributed by atoms with Crippen molar-refractivity contribution in [3.05, 3.63) is 53.9 Å². The first-order chi connectivity index (χ1) is 9.24. The summed E-state index contributed by atoms with van der Waals surface area (Å²) in [4.78, 5) is 8.51. The van der Waals surface area contributed by atoms with Crippen molar-refractivity contribution in [2.45, 2.75) is 0 Å². The van der Waals surface area contributed by atoms with Crippen molar-refractivity contribution < 1.29 is 4.39 Å². The van der Waals surface area contributed by atoms with Gasteiger partial charge >= 0.3 is 0 Å². The van der Waals surface area contributed by atoms with Crippen LogP contribution in [0.4, 0.5) is 10.1 Å². The molecule has 19 heavy (non-hydrogen) atoms. The van der Waals surface area contributed by atoms with Crippen molar-refractivity contribution >= 4 is 17.0 Å². The van der Waals surface area contributed by atoms with Gasteiger partial charge in [-0.05, 0) is 30.3 Å². The number of rotatable bonds is 2. The van der Waals surface area contributed by atoms with Crippen LogP contribution >= 0.6 is 11.3 Å². The van der Waals surface area contributed by atoms with E-state index in [9.17, 15) is 4.39 Å². The summed E-state index contributed by atoms with van der Waals surface area (Å²) in [5, 5.41) is 2.84. The standard InChI is InChI=1S/C14H10FN3S/c15-11-2-1-10(7-12(11)16)13-8-19-14(18-13)9-3-5-17-6-4-9/h1-8H,16H2. The third kappa shape index (κ3) is 2.32. The zero-order valence-electron chi connectivity index (χ0n) is 9.88. The Balaban J connectivity index is 1.99. The number of thiazole rings is 1. The van der Waals surface area contributed by atoms with E-state index >= 15 is 0 Å². The Morgan fingerprint density at radius 2 is 1.84 bits per heavy atom. The Morgan fingerprint density at radius 1 is 1.05 bits per heavy atom. The van der Waals surface area contributed by atoms with E-state index in [-0.39, 0.29) is 5.69 Å². The van der Waals surface area contributed by atoms with E-state index < -0.39 is 5.82 Å². The predicted molar refractivity (Wildman–Crippen MR) is 75.2 cm³/mol. The molecule has 0 radical (unpaired) electrons. The molecule has 2 N–H and O–H groups in total. The molecular weight excluding hydrogens is 261 g/mol. The highest BCUT2D eigenvalue weighted by Gasteiger charge is 2.08. The SMILES string of the molecule is Nc1cc(-c2csc(-c3ccncc3)n2)ccc1F. The number of anilines is 1. The van der Waals surface area contributed by atoms with Gasteiger partial charge < -0.3 is 5.73 Å². The molecule has 0 saturated heterocycles. The molecule has 3 rings (SSSR count). The van der Waals surface area contributed by atoms with Crippen molar-refractivity contribution in [3.8, 4) is 21.8 Å². The van der Waals surface area contributed by atoms with Gasteiger partial charge in [0.15, 0.2) is 0 Å². The van der Waals surface area contributed by atoms with Crippen molar-refractivity contribution in [1.82, 2.24) is 9.97 Å². The van der Waals surface area contributed by atoms with E-state index in [4.69, 9.17) is 5.73 Å². The van der Waals surface area contributed by atoms with Gasteiger partial charge in [0.05, 0.1) is 11.4 Å². The summed E-state index contributed by atoms with van der Waals surface area (Å²) in [6.07, 6.45) is 3.46. The van der Waals surface area contributed by atoms with Crippen LogP contribution in [-0.2, 0) is 0 Å². The van der Waals surface area contributed by atoms with Gasteiger partial charge in [0, 0.05) is 28.9 Å². The highest BCUT2D eigenvalue weighted by atomic mass is 32.1. The Labute approximate surface area is 113 Å². The number of benzene rings is 1.